The van der Waals surface area contributed by atoms with Crippen molar-refractivity contribution in [1.82, 2.24) is 5.43 Å². The number of hydrogen-bond acceptors (Lipinski definition) is 4. The Balaban J connectivity index is 2.06. The van der Waals surface area contributed by atoms with Crippen LogP contribution in [0, 0.1) is 0 Å². The highest BCUT2D eigenvalue weighted by Crippen LogP contribution is 2.17. The maximum atomic E-state index is 5.54. The van der Waals surface area contributed by atoms with E-state index in [0.29, 0.717) is 12.7 Å². The van der Waals surface area contributed by atoms with E-state index in [4.69, 9.17) is 15.3 Å². The molecule has 1 heterocycles. The Morgan fingerprint density at radius 2 is 2.50 bits per heavy atom. The van der Waals surface area contributed by atoms with Crippen LogP contribution < -0.4 is 11.3 Å². The summed E-state index contributed by atoms with van der Waals surface area (Å²) in [6.45, 7) is 4.36. The standard InChI is InChI=1S/C10H22N2O2/c1-2-13-8-9(12-11)5-6-10-4-3-7-14-10/h9-10,12H,2-8,11H2,1H3. The topological polar surface area (TPSA) is 56.5 Å². The molecule has 2 atom stereocenters. The van der Waals surface area contributed by atoms with Crippen molar-refractivity contribution in [2.45, 2.75) is 44.8 Å². The van der Waals surface area contributed by atoms with Crippen LogP contribution in [0.1, 0.15) is 32.6 Å². The first kappa shape index (κ1) is 11.9. The molecule has 84 valence electrons. The monoisotopic (exact) mass is 202 g/mol. The molecule has 0 aromatic rings. The lowest BCUT2D eigenvalue weighted by molar-refractivity contribution is 0.0857. The molecular formula is C10H22N2O2. The van der Waals surface area contributed by atoms with Crippen molar-refractivity contribution >= 4 is 0 Å². The second-order valence-electron chi connectivity index (χ2n) is 3.74. The fourth-order valence-corrected chi connectivity index (χ4v) is 1.73. The first-order valence-corrected chi connectivity index (χ1v) is 5.52. The van der Waals surface area contributed by atoms with Crippen LogP contribution in [0.5, 0.6) is 0 Å². The summed E-state index contributed by atoms with van der Waals surface area (Å²) in [5.41, 5.74) is 2.78. The van der Waals surface area contributed by atoms with Crippen molar-refractivity contribution in [3.8, 4) is 0 Å². The van der Waals surface area contributed by atoms with Gasteiger partial charge >= 0.3 is 0 Å². The Kier molecular flexibility index (Phi) is 6.10. The molecule has 1 rings (SSSR count). The van der Waals surface area contributed by atoms with Gasteiger partial charge in [0.15, 0.2) is 0 Å². The van der Waals surface area contributed by atoms with E-state index in [9.17, 15) is 0 Å². The molecule has 1 saturated heterocycles. The van der Waals surface area contributed by atoms with E-state index in [1.807, 2.05) is 6.92 Å². The van der Waals surface area contributed by atoms with E-state index < -0.39 is 0 Å². The third kappa shape index (κ3) is 4.37. The Morgan fingerprint density at radius 1 is 1.64 bits per heavy atom. The Hall–Kier alpha value is -0.160. The lowest BCUT2D eigenvalue weighted by atomic mass is 10.1. The van der Waals surface area contributed by atoms with Gasteiger partial charge in [0, 0.05) is 19.3 Å². The second-order valence-corrected chi connectivity index (χ2v) is 3.74. The van der Waals surface area contributed by atoms with Crippen LogP contribution >= 0.6 is 0 Å². The number of ether oxygens (including phenoxy) is 2. The Bertz CT molecular complexity index is 138. The molecule has 2 unspecified atom stereocenters. The first-order valence-electron chi connectivity index (χ1n) is 5.52. The van der Waals surface area contributed by atoms with Crippen molar-refractivity contribution in [1.29, 1.82) is 0 Å². The van der Waals surface area contributed by atoms with Gasteiger partial charge in [-0.1, -0.05) is 0 Å². The van der Waals surface area contributed by atoms with E-state index in [2.05, 4.69) is 5.43 Å². The third-order valence-electron chi connectivity index (χ3n) is 2.62. The van der Waals surface area contributed by atoms with E-state index >= 15 is 0 Å². The molecule has 0 aromatic heterocycles. The van der Waals surface area contributed by atoms with Crippen molar-refractivity contribution in [2.75, 3.05) is 19.8 Å². The van der Waals surface area contributed by atoms with Crippen LogP contribution in [0.15, 0.2) is 0 Å². The smallest absolute Gasteiger partial charge is 0.0632 e. The van der Waals surface area contributed by atoms with Gasteiger partial charge in [0.05, 0.1) is 12.7 Å². The normalized spacial score (nSPS) is 24.0. The van der Waals surface area contributed by atoms with Gasteiger partial charge in [-0.3, -0.25) is 11.3 Å². The minimum atomic E-state index is 0.263. The molecule has 0 aromatic carbocycles. The molecule has 4 nitrogen and oxygen atoms in total. The summed E-state index contributed by atoms with van der Waals surface area (Å²) in [6.07, 6.45) is 4.97. The quantitative estimate of drug-likeness (QED) is 0.474. The maximum absolute atomic E-state index is 5.54. The number of nitrogens with one attached hydrogen (secondary N) is 1. The van der Waals surface area contributed by atoms with E-state index in [0.717, 1.165) is 26.1 Å². The summed E-state index contributed by atoms with van der Waals surface area (Å²) < 4.78 is 10.9. The molecule has 0 bridgehead atoms. The Morgan fingerprint density at radius 3 is 3.07 bits per heavy atom. The summed E-state index contributed by atoms with van der Waals surface area (Å²) in [7, 11) is 0. The van der Waals surface area contributed by atoms with Crippen molar-refractivity contribution < 1.29 is 9.47 Å². The fraction of sp³-hybridized carbons (Fsp3) is 1.00. The molecule has 1 aliphatic heterocycles. The number of rotatable bonds is 7. The van der Waals surface area contributed by atoms with Crippen LogP contribution in [0.25, 0.3) is 0 Å². The molecule has 0 amide bonds. The van der Waals surface area contributed by atoms with Gasteiger partial charge in [0.1, 0.15) is 0 Å². The van der Waals surface area contributed by atoms with Crippen molar-refractivity contribution in [3.63, 3.8) is 0 Å². The van der Waals surface area contributed by atoms with Gasteiger partial charge in [-0.2, -0.15) is 0 Å². The summed E-state index contributed by atoms with van der Waals surface area (Å²) >= 11 is 0. The van der Waals surface area contributed by atoms with E-state index in [-0.39, 0.29) is 6.04 Å². The van der Waals surface area contributed by atoms with Gasteiger partial charge < -0.3 is 9.47 Å². The number of hydrazine groups is 1. The molecule has 0 saturated carbocycles. The lowest BCUT2D eigenvalue weighted by Gasteiger charge is -2.17. The third-order valence-corrected chi connectivity index (χ3v) is 2.62. The Labute approximate surface area is 86.1 Å². The molecule has 4 heteroatoms. The average Bonchev–Trinajstić information content (AvgIpc) is 2.71. The summed E-state index contributed by atoms with van der Waals surface area (Å²) in [5, 5.41) is 0. The minimum absolute atomic E-state index is 0.263. The molecule has 0 aliphatic carbocycles. The summed E-state index contributed by atoms with van der Waals surface area (Å²) in [6, 6.07) is 0.263. The average molecular weight is 202 g/mol. The van der Waals surface area contributed by atoms with Crippen LogP contribution in [0.2, 0.25) is 0 Å². The maximum Gasteiger partial charge on any atom is 0.0632 e. The molecule has 0 radical (unpaired) electrons. The molecule has 1 aliphatic rings. The van der Waals surface area contributed by atoms with Gasteiger partial charge in [0.2, 0.25) is 0 Å². The summed E-state index contributed by atoms with van der Waals surface area (Å²) in [5.74, 6) is 5.43. The van der Waals surface area contributed by atoms with Crippen molar-refractivity contribution in [3.05, 3.63) is 0 Å². The predicted octanol–water partition coefficient (Wildman–Crippen LogP) is 0.814. The summed E-state index contributed by atoms with van der Waals surface area (Å²) in [4.78, 5) is 0. The predicted molar refractivity (Wildman–Crippen MR) is 55.8 cm³/mol. The first-order chi connectivity index (χ1) is 6.86. The van der Waals surface area contributed by atoms with Crippen LogP contribution in [-0.4, -0.2) is 32.0 Å². The number of nitrogens with two attached hydrogens (primary N) is 1. The van der Waals surface area contributed by atoms with Gasteiger partial charge in [-0.05, 0) is 32.6 Å². The van der Waals surface area contributed by atoms with E-state index in [1.165, 1.54) is 12.8 Å². The highest BCUT2D eigenvalue weighted by molar-refractivity contribution is 4.70. The van der Waals surface area contributed by atoms with E-state index in [1.54, 1.807) is 0 Å². The largest absolute Gasteiger partial charge is 0.380 e. The molecule has 0 spiro atoms. The SMILES string of the molecule is CCOCC(CCC1CCCO1)NN. The molecule has 1 fully saturated rings. The van der Waals surface area contributed by atoms with Gasteiger partial charge in [-0.25, -0.2) is 0 Å². The zero-order valence-corrected chi connectivity index (χ0v) is 9.00. The molecule has 14 heavy (non-hydrogen) atoms. The number of hydrogen-bond donors (Lipinski definition) is 2. The van der Waals surface area contributed by atoms with Gasteiger partial charge in [-0.15, -0.1) is 0 Å². The highest BCUT2D eigenvalue weighted by atomic mass is 16.5. The van der Waals surface area contributed by atoms with Crippen LogP contribution in [0.3, 0.4) is 0 Å². The molecule has 3 N–H and O–H groups in total. The zero-order chi connectivity index (χ0) is 10.2. The fourth-order valence-electron chi connectivity index (χ4n) is 1.73. The molecular weight excluding hydrogens is 180 g/mol. The highest BCUT2D eigenvalue weighted by Gasteiger charge is 2.17. The lowest BCUT2D eigenvalue weighted by Crippen LogP contribution is -2.39. The van der Waals surface area contributed by atoms with Crippen molar-refractivity contribution in [2.24, 2.45) is 5.84 Å². The van der Waals surface area contributed by atoms with Gasteiger partial charge in [0.25, 0.3) is 0 Å². The zero-order valence-electron chi connectivity index (χ0n) is 9.00. The van der Waals surface area contributed by atoms with Crippen LogP contribution in [0.4, 0.5) is 0 Å². The van der Waals surface area contributed by atoms with Crippen LogP contribution in [-0.2, 0) is 9.47 Å². The minimum Gasteiger partial charge on any atom is -0.380 e. The second kappa shape index (κ2) is 7.17.